The summed E-state index contributed by atoms with van der Waals surface area (Å²) in [7, 11) is 0. The number of anilines is 1. The van der Waals surface area contributed by atoms with Gasteiger partial charge in [-0.2, -0.15) is 10.6 Å². The van der Waals surface area contributed by atoms with Gasteiger partial charge in [0.05, 0.1) is 30.0 Å². The van der Waals surface area contributed by atoms with Crippen LogP contribution in [0.1, 0.15) is 32.7 Å². The van der Waals surface area contributed by atoms with Crippen molar-refractivity contribution in [3.8, 4) is 0 Å². The van der Waals surface area contributed by atoms with E-state index in [4.69, 9.17) is 4.98 Å². The molecule has 1 atom stereocenters. The Kier molecular flexibility index (Phi) is 5.25. The Bertz CT molecular complexity index is 1150. The Morgan fingerprint density at radius 3 is 2.79 bits per heavy atom. The Morgan fingerprint density at radius 2 is 2.00 bits per heavy atom. The van der Waals surface area contributed by atoms with Crippen molar-refractivity contribution in [1.29, 1.82) is 0 Å². The number of nitrogens with one attached hydrogen (secondary N) is 4. The van der Waals surface area contributed by atoms with Gasteiger partial charge in [0, 0.05) is 50.1 Å². The van der Waals surface area contributed by atoms with Crippen molar-refractivity contribution in [3.63, 3.8) is 0 Å². The van der Waals surface area contributed by atoms with Gasteiger partial charge in [0.1, 0.15) is 0 Å². The fraction of sp³-hybridized carbons (Fsp3) is 0.391. The largest absolute Gasteiger partial charge is 0.351 e. The fourth-order valence-electron chi connectivity index (χ4n) is 4.87. The van der Waals surface area contributed by atoms with Crippen molar-refractivity contribution < 1.29 is 4.79 Å². The number of carbonyl (C=O) groups excluding carboxylic acids is 1. The van der Waals surface area contributed by atoms with Crippen molar-refractivity contribution in [2.75, 3.05) is 18.4 Å². The SMILES string of the molecule is O=C(c1cnn(CC2CNNN2)c1)N1CCc2nc(NC3Cc4ccccc4C3)ncc2C1. The van der Waals surface area contributed by atoms with Crippen LogP contribution in [0, 0.1) is 0 Å². The lowest BCUT2D eigenvalue weighted by molar-refractivity contribution is 0.0733. The second-order valence-corrected chi connectivity index (χ2v) is 8.96. The number of fused-ring (bicyclic) bond motifs is 2. The van der Waals surface area contributed by atoms with Crippen LogP contribution in [0.25, 0.3) is 0 Å². The maximum Gasteiger partial charge on any atom is 0.257 e. The molecule has 0 saturated carbocycles. The van der Waals surface area contributed by atoms with Gasteiger partial charge in [0.15, 0.2) is 0 Å². The summed E-state index contributed by atoms with van der Waals surface area (Å²) in [6, 6.07) is 9.13. The summed E-state index contributed by atoms with van der Waals surface area (Å²) in [4.78, 5) is 24.2. The van der Waals surface area contributed by atoms with Gasteiger partial charge < -0.3 is 10.2 Å². The summed E-state index contributed by atoms with van der Waals surface area (Å²) in [6.07, 6.45) is 8.05. The van der Waals surface area contributed by atoms with E-state index in [0.717, 1.165) is 37.1 Å². The molecule has 3 aliphatic rings. The molecule has 1 saturated heterocycles. The van der Waals surface area contributed by atoms with Gasteiger partial charge in [0.25, 0.3) is 5.91 Å². The summed E-state index contributed by atoms with van der Waals surface area (Å²) in [6.45, 7) is 2.65. The van der Waals surface area contributed by atoms with Gasteiger partial charge in [-0.05, 0) is 24.0 Å². The number of hydrazine groups is 2. The van der Waals surface area contributed by atoms with Crippen LogP contribution in [-0.4, -0.2) is 55.7 Å². The molecule has 1 fully saturated rings. The van der Waals surface area contributed by atoms with Crippen LogP contribution in [0.2, 0.25) is 0 Å². The molecule has 0 spiro atoms. The zero-order valence-electron chi connectivity index (χ0n) is 18.3. The van der Waals surface area contributed by atoms with E-state index >= 15 is 0 Å². The molecule has 10 heteroatoms. The summed E-state index contributed by atoms with van der Waals surface area (Å²) in [5.41, 5.74) is 14.5. The van der Waals surface area contributed by atoms with E-state index in [2.05, 4.69) is 56.1 Å². The molecular formula is C23H27N9O. The first-order valence-electron chi connectivity index (χ1n) is 11.4. The van der Waals surface area contributed by atoms with Crippen LogP contribution in [-0.2, 0) is 32.4 Å². The molecule has 6 rings (SSSR count). The standard InChI is InChI=1S/C23H27N9O/c33-22(18-10-26-32(13-18)14-20-11-25-30-29-20)31-6-5-21-17(12-31)9-24-23(28-21)27-19-7-15-3-1-2-4-16(15)8-19/h1-4,9-10,13,19-20,25,29-30H,5-8,11-12,14H2,(H,24,27,28). The topological polar surface area (TPSA) is 112 Å². The first kappa shape index (κ1) is 20.3. The molecule has 0 radical (unpaired) electrons. The Hall–Kier alpha value is -3.34. The van der Waals surface area contributed by atoms with Gasteiger partial charge in [-0.15, -0.1) is 0 Å². The van der Waals surface area contributed by atoms with Gasteiger partial charge >= 0.3 is 0 Å². The molecular weight excluding hydrogens is 418 g/mol. The number of carbonyl (C=O) groups is 1. The minimum atomic E-state index is -0.00606. The third kappa shape index (κ3) is 4.20. The van der Waals surface area contributed by atoms with Crippen LogP contribution in [0.3, 0.4) is 0 Å². The van der Waals surface area contributed by atoms with Crippen LogP contribution in [0.4, 0.5) is 5.95 Å². The predicted octanol–water partition coefficient (Wildman–Crippen LogP) is 0.432. The van der Waals surface area contributed by atoms with Crippen LogP contribution < -0.4 is 21.7 Å². The smallest absolute Gasteiger partial charge is 0.257 e. The van der Waals surface area contributed by atoms with E-state index < -0.39 is 0 Å². The second-order valence-electron chi connectivity index (χ2n) is 8.96. The first-order chi connectivity index (χ1) is 16.2. The number of hydrogen-bond donors (Lipinski definition) is 4. The quantitative estimate of drug-likeness (QED) is 0.448. The normalized spacial score (nSPS) is 20.0. The van der Waals surface area contributed by atoms with Crippen LogP contribution >= 0.6 is 0 Å². The number of amides is 1. The highest BCUT2D eigenvalue weighted by atomic mass is 16.2. The molecule has 2 aromatic heterocycles. The highest BCUT2D eigenvalue weighted by Gasteiger charge is 2.26. The highest BCUT2D eigenvalue weighted by molar-refractivity contribution is 5.93. The van der Waals surface area contributed by atoms with E-state index in [1.807, 2.05) is 17.3 Å². The molecule has 2 aliphatic heterocycles. The molecule has 10 nitrogen and oxygen atoms in total. The monoisotopic (exact) mass is 445 g/mol. The highest BCUT2D eigenvalue weighted by Crippen LogP contribution is 2.25. The molecule has 170 valence electrons. The minimum absolute atomic E-state index is 0.00606. The third-order valence-electron chi connectivity index (χ3n) is 6.61. The van der Waals surface area contributed by atoms with Crippen molar-refractivity contribution in [1.82, 2.24) is 41.0 Å². The average Bonchev–Trinajstić information content (AvgIpc) is 3.59. The van der Waals surface area contributed by atoms with Crippen molar-refractivity contribution in [2.45, 2.75) is 44.4 Å². The number of aromatic nitrogens is 4. The lowest BCUT2D eigenvalue weighted by Crippen LogP contribution is -2.36. The molecule has 1 aromatic carbocycles. The molecule has 1 aliphatic carbocycles. The number of nitrogens with zero attached hydrogens (tertiary/aromatic N) is 5. The summed E-state index contributed by atoms with van der Waals surface area (Å²) < 4.78 is 1.81. The number of hydrogen-bond acceptors (Lipinski definition) is 8. The number of rotatable bonds is 5. The van der Waals surface area contributed by atoms with Crippen molar-refractivity contribution >= 4 is 11.9 Å². The van der Waals surface area contributed by atoms with E-state index in [-0.39, 0.29) is 11.9 Å². The molecule has 1 amide bonds. The maximum absolute atomic E-state index is 13.0. The van der Waals surface area contributed by atoms with Crippen LogP contribution in [0.5, 0.6) is 0 Å². The molecule has 4 N–H and O–H groups in total. The lowest BCUT2D eigenvalue weighted by Gasteiger charge is -2.28. The van der Waals surface area contributed by atoms with E-state index in [1.54, 1.807) is 10.9 Å². The van der Waals surface area contributed by atoms with E-state index in [9.17, 15) is 4.79 Å². The second kappa shape index (κ2) is 8.54. The molecule has 0 bridgehead atoms. The third-order valence-corrected chi connectivity index (χ3v) is 6.61. The van der Waals surface area contributed by atoms with Crippen molar-refractivity contribution in [3.05, 3.63) is 70.8 Å². The Morgan fingerprint density at radius 1 is 1.15 bits per heavy atom. The predicted molar refractivity (Wildman–Crippen MR) is 122 cm³/mol. The summed E-state index contributed by atoms with van der Waals surface area (Å²) >= 11 is 0. The fourth-order valence-corrected chi connectivity index (χ4v) is 4.87. The zero-order chi connectivity index (χ0) is 22.2. The molecule has 1 unspecified atom stereocenters. The zero-order valence-corrected chi connectivity index (χ0v) is 18.3. The van der Waals surface area contributed by atoms with E-state index in [1.165, 1.54) is 11.1 Å². The minimum Gasteiger partial charge on any atom is -0.351 e. The summed E-state index contributed by atoms with van der Waals surface area (Å²) in [5.74, 6) is 0.672. The number of benzene rings is 1. The maximum atomic E-state index is 13.0. The van der Waals surface area contributed by atoms with Gasteiger partial charge in [-0.3, -0.25) is 9.48 Å². The van der Waals surface area contributed by atoms with Gasteiger partial charge in [-0.1, -0.05) is 24.3 Å². The first-order valence-corrected chi connectivity index (χ1v) is 11.4. The lowest BCUT2D eigenvalue weighted by atomic mass is 10.1. The van der Waals surface area contributed by atoms with Crippen molar-refractivity contribution in [2.24, 2.45) is 0 Å². The Balaban J connectivity index is 1.08. The van der Waals surface area contributed by atoms with E-state index in [0.29, 0.717) is 37.2 Å². The Labute approximate surface area is 191 Å². The summed E-state index contributed by atoms with van der Waals surface area (Å²) in [5, 5.41) is 7.86. The molecule has 33 heavy (non-hydrogen) atoms. The van der Waals surface area contributed by atoms with Gasteiger partial charge in [0.2, 0.25) is 5.95 Å². The molecule has 4 heterocycles. The molecule has 3 aromatic rings. The van der Waals surface area contributed by atoms with Gasteiger partial charge in [-0.25, -0.2) is 20.8 Å². The van der Waals surface area contributed by atoms with Crippen LogP contribution in [0.15, 0.2) is 42.9 Å². The average molecular weight is 446 g/mol.